The molecule has 1 saturated heterocycles. The van der Waals surface area contributed by atoms with Crippen LogP contribution < -0.4 is 9.64 Å². The van der Waals surface area contributed by atoms with E-state index in [0.29, 0.717) is 36.9 Å². The minimum absolute atomic E-state index is 0.194. The third kappa shape index (κ3) is 5.00. The van der Waals surface area contributed by atoms with E-state index in [0.717, 1.165) is 45.1 Å². The van der Waals surface area contributed by atoms with Crippen LogP contribution in [0.1, 0.15) is 37.1 Å². The molecule has 0 saturated carbocycles. The summed E-state index contributed by atoms with van der Waals surface area (Å²) >= 11 is 9.20. The Morgan fingerprint density at radius 1 is 1.18 bits per heavy atom. The van der Waals surface area contributed by atoms with Crippen LogP contribution in [0.4, 0.5) is 5.82 Å². The molecule has 0 radical (unpaired) electrons. The maximum Gasteiger partial charge on any atom is 0.282 e. The van der Waals surface area contributed by atoms with Crippen molar-refractivity contribution in [3.05, 3.63) is 49.8 Å². The molecule has 0 spiro atoms. The van der Waals surface area contributed by atoms with E-state index in [1.807, 2.05) is 13.0 Å². The van der Waals surface area contributed by atoms with E-state index in [1.165, 1.54) is 27.6 Å². The number of nitrogens with zero attached hydrogens (tertiary/aromatic N) is 8. The highest BCUT2D eigenvalue weighted by Crippen LogP contribution is 2.39. The van der Waals surface area contributed by atoms with Gasteiger partial charge in [-0.1, -0.05) is 22.9 Å². The molecule has 1 unspecified atom stereocenters. The van der Waals surface area contributed by atoms with Gasteiger partial charge in [-0.25, -0.2) is 19.5 Å². The van der Waals surface area contributed by atoms with Gasteiger partial charge < -0.3 is 24.2 Å². The molecule has 210 valence electrons. The molecule has 0 N–H and O–H groups in total. The number of fused-ring (bicyclic) bond motifs is 3. The number of hydrogen-bond donors (Lipinski definition) is 0. The zero-order chi connectivity index (χ0) is 28.0. The molecular weight excluding hydrogens is 576 g/mol. The highest BCUT2D eigenvalue weighted by atomic mass is 35.5. The van der Waals surface area contributed by atoms with Crippen LogP contribution in [-0.2, 0) is 16.0 Å². The smallest absolute Gasteiger partial charge is 0.282 e. The molecule has 2 aliphatic heterocycles. The molecule has 0 aliphatic carbocycles. The van der Waals surface area contributed by atoms with E-state index < -0.39 is 6.04 Å². The molecule has 1 atom stereocenters. The van der Waals surface area contributed by atoms with Gasteiger partial charge in [-0.05, 0) is 19.1 Å². The number of imidazole rings is 1. The highest BCUT2D eigenvalue weighted by Gasteiger charge is 2.38. The lowest BCUT2D eigenvalue weighted by molar-refractivity contribution is -0.135. The summed E-state index contributed by atoms with van der Waals surface area (Å²) in [4.78, 5) is 46.7. The van der Waals surface area contributed by atoms with Crippen LogP contribution in [0.5, 0.6) is 5.75 Å². The molecule has 0 aromatic carbocycles. The molecule has 1 fully saturated rings. The summed E-state index contributed by atoms with van der Waals surface area (Å²) in [6, 6.07) is 3.05. The summed E-state index contributed by atoms with van der Waals surface area (Å²) < 4.78 is 13.1. The third-order valence-electron chi connectivity index (χ3n) is 6.76. The number of halogens is 1. The van der Waals surface area contributed by atoms with E-state index in [1.54, 1.807) is 35.8 Å². The lowest BCUT2D eigenvalue weighted by Crippen LogP contribution is -2.43. The Labute approximate surface area is 243 Å². The molecule has 12 nitrogen and oxygen atoms in total. The minimum atomic E-state index is -0.519. The van der Waals surface area contributed by atoms with Crippen molar-refractivity contribution in [2.45, 2.75) is 19.4 Å². The molecular formula is C25H27ClN8O4S2. The first-order valence-electron chi connectivity index (χ1n) is 12.7. The van der Waals surface area contributed by atoms with Crippen molar-refractivity contribution in [2.75, 3.05) is 58.5 Å². The first kappa shape index (κ1) is 26.9. The Morgan fingerprint density at radius 3 is 2.73 bits per heavy atom. The quantitative estimate of drug-likeness (QED) is 0.307. The van der Waals surface area contributed by atoms with Crippen molar-refractivity contribution in [3.63, 3.8) is 0 Å². The van der Waals surface area contributed by atoms with E-state index in [2.05, 4.69) is 20.0 Å². The molecule has 40 heavy (non-hydrogen) atoms. The van der Waals surface area contributed by atoms with Gasteiger partial charge in [0.25, 0.3) is 11.8 Å². The fourth-order valence-electron chi connectivity index (χ4n) is 4.83. The lowest BCUT2D eigenvalue weighted by atomic mass is 10.0. The predicted molar refractivity (Wildman–Crippen MR) is 151 cm³/mol. The standard InChI is InChI=1S/C25H27ClN8O4S2/c1-14-30-34-20-15(28-25(34)39-14)6-7-33(21(20)17-12-27-23(40-17)24(36)31(2)3)19(35)13-38-16-4-5-18(29-22(16)26)32-8-10-37-11-9-32/h4-5,12,21H,6-11,13H2,1-3H3. The second-order valence-corrected chi connectivity index (χ2v) is 12.2. The molecule has 2 aliphatic rings. The maximum absolute atomic E-state index is 13.7. The Balaban J connectivity index is 1.27. The van der Waals surface area contributed by atoms with E-state index in [4.69, 9.17) is 26.1 Å². The molecule has 6 heterocycles. The Hall–Kier alpha value is -3.33. The van der Waals surface area contributed by atoms with Crippen molar-refractivity contribution in [2.24, 2.45) is 0 Å². The van der Waals surface area contributed by atoms with Crippen molar-refractivity contribution < 1.29 is 19.1 Å². The van der Waals surface area contributed by atoms with Crippen LogP contribution in [0, 0.1) is 6.92 Å². The fraction of sp³-hybridized carbons (Fsp3) is 0.440. The average Bonchev–Trinajstić information content (AvgIpc) is 3.66. The normalized spacial score (nSPS) is 17.2. The van der Waals surface area contributed by atoms with Crippen molar-refractivity contribution in [1.29, 1.82) is 0 Å². The van der Waals surface area contributed by atoms with Gasteiger partial charge in [-0.3, -0.25) is 9.59 Å². The average molecular weight is 603 g/mol. The van der Waals surface area contributed by atoms with Gasteiger partial charge in [0.1, 0.15) is 16.9 Å². The van der Waals surface area contributed by atoms with Gasteiger partial charge in [0, 0.05) is 46.3 Å². The summed E-state index contributed by atoms with van der Waals surface area (Å²) in [6.45, 7) is 4.87. The number of rotatable bonds is 6. The summed E-state index contributed by atoms with van der Waals surface area (Å²) in [6.07, 6.45) is 2.23. The molecule has 0 bridgehead atoms. The monoisotopic (exact) mass is 602 g/mol. The lowest BCUT2D eigenvalue weighted by Gasteiger charge is -2.34. The van der Waals surface area contributed by atoms with Gasteiger partial charge in [-0.15, -0.1) is 11.3 Å². The maximum atomic E-state index is 13.7. The minimum Gasteiger partial charge on any atom is -0.481 e. The first-order valence-corrected chi connectivity index (χ1v) is 14.7. The Kier molecular flexibility index (Phi) is 7.33. The summed E-state index contributed by atoms with van der Waals surface area (Å²) in [5.74, 6) is 0.644. The van der Waals surface area contributed by atoms with Gasteiger partial charge in [0.2, 0.25) is 4.96 Å². The number of carbonyl (C=O) groups is 2. The number of pyridine rings is 1. The zero-order valence-electron chi connectivity index (χ0n) is 22.2. The SMILES string of the molecule is Cc1nn2c3c(nc2s1)CCN(C(=O)COc1ccc(N2CCOCC2)nc1Cl)C3c1cnc(C(=O)N(C)C)s1. The predicted octanol–water partition coefficient (Wildman–Crippen LogP) is 2.70. The highest BCUT2D eigenvalue weighted by molar-refractivity contribution is 7.16. The number of hydrogen-bond acceptors (Lipinski definition) is 11. The summed E-state index contributed by atoms with van der Waals surface area (Å²) in [5.41, 5.74) is 1.69. The Morgan fingerprint density at radius 2 is 1.98 bits per heavy atom. The molecule has 4 aromatic heterocycles. The van der Waals surface area contributed by atoms with Gasteiger partial charge >= 0.3 is 0 Å². The first-order chi connectivity index (χ1) is 19.3. The number of aryl methyl sites for hydroxylation is 1. The largest absolute Gasteiger partial charge is 0.481 e. The van der Waals surface area contributed by atoms with Crippen LogP contribution in [-0.4, -0.2) is 99.7 Å². The van der Waals surface area contributed by atoms with E-state index in [-0.39, 0.29) is 23.6 Å². The number of morpholine rings is 1. The second kappa shape index (κ2) is 10.9. The number of ether oxygens (including phenoxy) is 2. The van der Waals surface area contributed by atoms with E-state index in [9.17, 15) is 9.59 Å². The number of anilines is 1. The molecule has 2 amide bonds. The topological polar surface area (TPSA) is 118 Å². The zero-order valence-corrected chi connectivity index (χ0v) is 24.6. The number of carbonyl (C=O) groups excluding carboxylic acids is 2. The molecule has 4 aromatic rings. The molecule has 15 heteroatoms. The van der Waals surface area contributed by atoms with Crippen molar-refractivity contribution in [1.82, 2.24) is 34.4 Å². The number of amides is 2. The van der Waals surface area contributed by atoms with E-state index >= 15 is 0 Å². The third-order valence-corrected chi connectivity index (χ3v) is 8.90. The second-order valence-electron chi connectivity index (χ2n) is 9.61. The number of thiazole rings is 1. The van der Waals surface area contributed by atoms with Gasteiger partial charge in [0.05, 0.1) is 29.5 Å². The Bertz CT molecular complexity index is 1580. The number of aromatic nitrogens is 5. The van der Waals surface area contributed by atoms with Crippen LogP contribution in [0.3, 0.4) is 0 Å². The fourth-order valence-corrected chi connectivity index (χ4v) is 6.86. The van der Waals surface area contributed by atoms with Crippen LogP contribution in [0.25, 0.3) is 4.96 Å². The van der Waals surface area contributed by atoms with Crippen LogP contribution in [0.15, 0.2) is 18.3 Å². The van der Waals surface area contributed by atoms with Crippen LogP contribution >= 0.6 is 34.3 Å². The summed E-state index contributed by atoms with van der Waals surface area (Å²) in [5, 5.41) is 6.06. The summed E-state index contributed by atoms with van der Waals surface area (Å²) in [7, 11) is 3.36. The van der Waals surface area contributed by atoms with Crippen molar-refractivity contribution >= 4 is 56.9 Å². The van der Waals surface area contributed by atoms with Crippen LogP contribution in [0.2, 0.25) is 5.15 Å². The van der Waals surface area contributed by atoms with Gasteiger partial charge in [-0.2, -0.15) is 5.10 Å². The van der Waals surface area contributed by atoms with Crippen molar-refractivity contribution in [3.8, 4) is 5.75 Å². The molecule has 6 rings (SSSR count). The van der Waals surface area contributed by atoms with Gasteiger partial charge in [0.15, 0.2) is 22.5 Å².